The van der Waals surface area contributed by atoms with Crippen LogP contribution in [-0.2, 0) is 11.2 Å². The predicted octanol–water partition coefficient (Wildman–Crippen LogP) is 2.12. The Morgan fingerprint density at radius 2 is 2.09 bits per heavy atom. The lowest BCUT2D eigenvalue weighted by Crippen LogP contribution is -2.18. The van der Waals surface area contributed by atoms with Gasteiger partial charge in [-0.3, -0.25) is 9.89 Å². The maximum absolute atomic E-state index is 11.8. The Morgan fingerprint density at radius 3 is 2.68 bits per heavy atom. The maximum Gasteiger partial charge on any atom is 0.240 e. The monoisotopic (exact) mass is 300 g/mol. The van der Waals surface area contributed by atoms with Gasteiger partial charge in [0, 0.05) is 12.1 Å². The van der Waals surface area contributed by atoms with Gasteiger partial charge in [-0.05, 0) is 55.7 Å². The number of aryl methyl sites for hydroxylation is 2. The van der Waals surface area contributed by atoms with Gasteiger partial charge in [0.15, 0.2) is 0 Å². The highest BCUT2D eigenvalue weighted by molar-refractivity contribution is 5.82. The van der Waals surface area contributed by atoms with Crippen molar-refractivity contribution in [1.82, 2.24) is 15.6 Å². The van der Waals surface area contributed by atoms with Gasteiger partial charge in [0.2, 0.25) is 5.91 Å². The summed E-state index contributed by atoms with van der Waals surface area (Å²) >= 11 is 0. The largest absolute Gasteiger partial charge is 0.497 e. The van der Waals surface area contributed by atoms with E-state index in [2.05, 4.69) is 20.7 Å². The van der Waals surface area contributed by atoms with Crippen molar-refractivity contribution in [3.8, 4) is 5.75 Å². The van der Waals surface area contributed by atoms with Crippen LogP contribution < -0.4 is 10.2 Å². The molecule has 2 aromatic rings. The molecule has 0 unspecified atom stereocenters. The van der Waals surface area contributed by atoms with E-state index < -0.39 is 0 Å². The van der Waals surface area contributed by atoms with E-state index in [0.717, 1.165) is 28.3 Å². The second-order valence-electron chi connectivity index (χ2n) is 4.98. The summed E-state index contributed by atoms with van der Waals surface area (Å²) in [7, 11) is 1.62. The summed E-state index contributed by atoms with van der Waals surface area (Å²) in [6, 6.07) is 7.42. The van der Waals surface area contributed by atoms with Gasteiger partial charge < -0.3 is 4.74 Å². The average Bonchev–Trinajstić information content (AvgIpc) is 2.84. The smallest absolute Gasteiger partial charge is 0.240 e. The highest BCUT2D eigenvalue weighted by Crippen LogP contribution is 2.11. The number of aromatic amines is 1. The van der Waals surface area contributed by atoms with Crippen LogP contribution in [0.4, 0.5) is 0 Å². The average molecular weight is 300 g/mol. The Morgan fingerprint density at radius 1 is 1.36 bits per heavy atom. The summed E-state index contributed by atoms with van der Waals surface area (Å²) in [6.07, 6.45) is 2.63. The van der Waals surface area contributed by atoms with Crippen molar-refractivity contribution in [2.45, 2.75) is 26.7 Å². The molecular formula is C16H20N4O2. The van der Waals surface area contributed by atoms with Crippen molar-refractivity contribution in [1.29, 1.82) is 0 Å². The van der Waals surface area contributed by atoms with Gasteiger partial charge in [-0.15, -0.1) is 0 Å². The lowest BCUT2D eigenvalue weighted by Gasteiger charge is -2.01. The molecule has 0 aliphatic heterocycles. The van der Waals surface area contributed by atoms with Gasteiger partial charge in [-0.2, -0.15) is 10.2 Å². The first-order chi connectivity index (χ1) is 10.6. The third-order valence-corrected chi connectivity index (χ3v) is 3.40. The summed E-state index contributed by atoms with van der Waals surface area (Å²) in [5, 5.41) is 11.0. The molecule has 6 nitrogen and oxygen atoms in total. The Bertz CT molecular complexity index is 640. The number of carbonyl (C=O) groups is 1. The summed E-state index contributed by atoms with van der Waals surface area (Å²) in [6.45, 7) is 3.88. The van der Waals surface area contributed by atoms with Crippen LogP contribution in [0.25, 0.3) is 0 Å². The number of nitrogens with zero attached hydrogens (tertiary/aromatic N) is 2. The van der Waals surface area contributed by atoms with E-state index in [1.165, 1.54) is 0 Å². The fourth-order valence-electron chi connectivity index (χ4n) is 2.11. The zero-order valence-electron chi connectivity index (χ0n) is 13.0. The number of H-pyrrole nitrogens is 1. The molecule has 2 N–H and O–H groups in total. The van der Waals surface area contributed by atoms with Crippen molar-refractivity contribution < 1.29 is 9.53 Å². The molecule has 0 fully saturated rings. The molecule has 0 bridgehead atoms. The number of methoxy groups -OCH3 is 1. The number of nitrogens with one attached hydrogen (secondary N) is 2. The highest BCUT2D eigenvalue weighted by atomic mass is 16.5. The van der Waals surface area contributed by atoms with Crippen molar-refractivity contribution >= 4 is 12.1 Å². The molecule has 6 heteroatoms. The number of carbonyl (C=O) groups excluding carboxylic acids is 1. The van der Waals surface area contributed by atoms with Gasteiger partial charge >= 0.3 is 0 Å². The van der Waals surface area contributed by atoms with Crippen LogP contribution in [0, 0.1) is 13.8 Å². The Kier molecular flexibility index (Phi) is 5.30. The number of hydrogen-bond acceptors (Lipinski definition) is 4. The minimum Gasteiger partial charge on any atom is -0.497 e. The number of amides is 1. The molecule has 0 aliphatic carbocycles. The Balaban J connectivity index is 1.81. The first-order valence-corrected chi connectivity index (χ1v) is 7.06. The first-order valence-electron chi connectivity index (χ1n) is 7.06. The van der Waals surface area contributed by atoms with Crippen LogP contribution in [0.5, 0.6) is 5.75 Å². The summed E-state index contributed by atoms with van der Waals surface area (Å²) in [5.74, 6) is 0.664. The fraction of sp³-hybridized carbons (Fsp3) is 0.312. The Labute approximate surface area is 129 Å². The molecule has 22 heavy (non-hydrogen) atoms. The van der Waals surface area contributed by atoms with E-state index in [-0.39, 0.29) is 5.91 Å². The minimum atomic E-state index is -0.121. The molecule has 0 atom stereocenters. The number of hydrogen-bond donors (Lipinski definition) is 2. The third-order valence-electron chi connectivity index (χ3n) is 3.40. The molecule has 0 aliphatic rings. The van der Waals surface area contributed by atoms with Crippen molar-refractivity contribution in [3.63, 3.8) is 0 Å². The van der Waals surface area contributed by atoms with Crippen molar-refractivity contribution in [2.75, 3.05) is 7.11 Å². The summed E-state index contributed by atoms with van der Waals surface area (Å²) in [5.41, 5.74) is 6.46. The molecule has 1 aromatic carbocycles. The lowest BCUT2D eigenvalue weighted by molar-refractivity contribution is -0.121. The fourth-order valence-corrected chi connectivity index (χ4v) is 2.11. The molecule has 1 aromatic heterocycles. The second-order valence-corrected chi connectivity index (χ2v) is 4.98. The van der Waals surface area contributed by atoms with Crippen LogP contribution in [0.2, 0.25) is 0 Å². The van der Waals surface area contributed by atoms with Crippen LogP contribution in [0.1, 0.15) is 28.9 Å². The topological polar surface area (TPSA) is 79.4 Å². The molecule has 1 amide bonds. The SMILES string of the molecule is COc1ccc(/C=N\NC(=O)CCc2c(C)n[nH]c2C)cc1. The van der Waals surface area contributed by atoms with Gasteiger partial charge in [-0.1, -0.05) is 0 Å². The van der Waals surface area contributed by atoms with Gasteiger partial charge in [0.25, 0.3) is 0 Å². The highest BCUT2D eigenvalue weighted by Gasteiger charge is 2.08. The van der Waals surface area contributed by atoms with E-state index in [4.69, 9.17) is 4.74 Å². The molecule has 116 valence electrons. The van der Waals surface area contributed by atoms with E-state index in [0.29, 0.717) is 12.8 Å². The number of hydrazone groups is 1. The summed E-state index contributed by atoms with van der Waals surface area (Å²) < 4.78 is 5.08. The zero-order valence-corrected chi connectivity index (χ0v) is 13.0. The maximum atomic E-state index is 11.8. The molecule has 0 saturated carbocycles. The number of benzene rings is 1. The molecule has 0 saturated heterocycles. The number of ether oxygens (including phenoxy) is 1. The molecule has 0 radical (unpaired) electrons. The van der Waals surface area contributed by atoms with Crippen molar-refractivity contribution in [2.24, 2.45) is 5.10 Å². The Hall–Kier alpha value is -2.63. The minimum absolute atomic E-state index is 0.121. The number of aromatic nitrogens is 2. The van der Waals surface area contributed by atoms with Gasteiger partial charge in [0.05, 0.1) is 19.0 Å². The van der Waals surface area contributed by atoms with E-state index in [9.17, 15) is 4.79 Å². The number of rotatable bonds is 6. The summed E-state index contributed by atoms with van der Waals surface area (Å²) in [4.78, 5) is 11.8. The predicted molar refractivity (Wildman–Crippen MR) is 85.1 cm³/mol. The normalized spacial score (nSPS) is 10.9. The molecule has 0 spiro atoms. The standard InChI is InChI=1S/C16H20N4O2/c1-11-15(12(2)19-18-11)8-9-16(21)20-17-10-13-4-6-14(22-3)7-5-13/h4-7,10H,8-9H2,1-3H3,(H,18,19)(H,20,21)/b17-10-. The third kappa shape index (κ3) is 4.18. The molecular weight excluding hydrogens is 280 g/mol. The van der Waals surface area contributed by atoms with Crippen LogP contribution >= 0.6 is 0 Å². The van der Waals surface area contributed by atoms with Gasteiger partial charge in [0.1, 0.15) is 5.75 Å². The molecule has 2 rings (SSSR count). The van der Waals surface area contributed by atoms with E-state index in [1.807, 2.05) is 38.1 Å². The quantitative estimate of drug-likeness (QED) is 0.633. The van der Waals surface area contributed by atoms with Crippen LogP contribution in [0.3, 0.4) is 0 Å². The zero-order chi connectivity index (χ0) is 15.9. The van der Waals surface area contributed by atoms with Gasteiger partial charge in [-0.25, -0.2) is 5.43 Å². The lowest BCUT2D eigenvalue weighted by atomic mass is 10.1. The van der Waals surface area contributed by atoms with Crippen LogP contribution in [-0.4, -0.2) is 29.4 Å². The van der Waals surface area contributed by atoms with Crippen LogP contribution in [0.15, 0.2) is 29.4 Å². The van der Waals surface area contributed by atoms with Crippen molar-refractivity contribution in [3.05, 3.63) is 46.8 Å². The first kappa shape index (κ1) is 15.8. The van der Waals surface area contributed by atoms with E-state index >= 15 is 0 Å². The van der Waals surface area contributed by atoms with E-state index in [1.54, 1.807) is 13.3 Å². The second kappa shape index (κ2) is 7.40. The molecule has 1 heterocycles.